The Balaban J connectivity index is 2.01. The first-order valence-corrected chi connectivity index (χ1v) is 6.88. The van der Waals surface area contributed by atoms with E-state index in [1.54, 1.807) is 0 Å². The fourth-order valence-corrected chi connectivity index (χ4v) is 2.84. The minimum absolute atomic E-state index is 0.510. The van der Waals surface area contributed by atoms with E-state index < -0.39 is 0 Å². The first kappa shape index (κ1) is 12.9. The van der Waals surface area contributed by atoms with Gasteiger partial charge in [-0.05, 0) is 44.1 Å². The Labute approximate surface area is 109 Å². The molecule has 0 amide bonds. The van der Waals surface area contributed by atoms with Gasteiger partial charge in [-0.25, -0.2) is 0 Å². The van der Waals surface area contributed by atoms with Crippen LogP contribution in [0.15, 0.2) is 24.5 Å². The molecule has 2 unspecified atom stereocenters. The molecule has 0 aliphatic carbocycles. The van der Waals surface area contributed by atoms with Crippen LogP contribution < -0.4 is 5.32 Å². The molecule has 4 heteroatoms. The lowest BCUT2D eigenvalue weighted by Gasteiger charge is -2.25. The average molecular weight is 251 g/mol. The highest BCUT2D eigenvalue weighted by molar-refractivity contribution is 7.80. The van der Waals surface area contributed by atoms with Crippen molar-refractivity contribution in [3.63, 3.8) is 0 Å². The average Bonchev–Trinajstić information content (AvgIpc) is 2.72. The number of nitrogens with one attached hydrogen (secondary N) is 1. The zero-order valence-electron chi connectivity index (χ0n) is 10.3. The van der Waals surface area contributed by atoms with Crippen molar-refractivity contribution in [1.29, 1.82) is 0 Å². The third-order valence-corrected chi connectivity index (χ3v) is 3.72. The number of rotatable bonds is 5. The minimum atomic E-state index is 0.510. The number of hydrogen-bond donors (Lipinski definition) is 2. The van der Waals surface area contributed by atoms with Gasteiger partial charge in [0.05, 0.1) is 0 Å². The highest BCUT2D eigenvalue weighted by Gasteiger charge is 2.32. The maximum Gasteiger partial charge on any atom is 0.0401 e. The maximum absolute atomic E-state index is 4.24. The molecule has 0 aromatic carbocycles. The third-order valence-electron chi connectivity index (χ3n) is 3.50. The number of pyridine rings is 1. The molecule has 1 aliphatic heterocycles. The lowest BCUT2D eigenvalue weighted by Crippen LogP contribution is -2.29. The van der Waals surface area contributed by atoms with E-state index >= 15 is 0 Å². The van der Waals surface area contributed by atoms with Crippen molar-refractivity contribution in [2.75, 3.05) is 32.4 Å². The van der Waals surface area contributed by atoms with Crippen molar-refractivity contribution in [2.45, 2.75) is 12.5 Å². The molecule has 2 heterocycles. The van der Waals surface area contributed by atoms with Crippen molar-refractivity contribution in [3.8, 4) is 0 Å². The number of aromatic nitrogens is 1. The van der Waals surface area contributed by atoms with Gasteiger partial charge in [0.15, 0.2) is 0 Å². The quantitative estimate of drug-likeness (QED) is 0.615. The molecule has 0 spiro atoms. The Hall–Kier alpha value is -0.580. The summed E-state index contributed by atoms with van der Waals surface area (Å²) in [5, 5.41) is 3.47. The minimum Gasteiger partial charge on any atom is -0.316 e. The van der Waals surface area contributed by atoms with E-state index in [0.29, 0.717) is 12.0 Å². The van der Waals surface area contributed by atoms with Crippen LogP contribution in [0.25, 0.3) is 0 Å². The second kappa shape index (κ2) is 6.38. The third kappa shape index (κ3) is 3.21. The molecule has 0 saturated carbocycles. The summed E-state index contributed by atoms with van der Waals surface area (Å²) in [7, 11) is 2.20. The van der Waals surface area contributed by atoms with Gasteiger partial charge in [0.1, 0.15) is 0 Å². The molecule has 2 rings (SSSR count). The summed E-state index contributed by atoms with van der Waals surface area (Å²) in [6.07, 6.45) is 5.10. The van der Waals surface area contributed by atoms with Crippen LogP contribution in [-0.4, -0.2) is 42.3 Å². The smallest absolute Gasteiger partial charge is 0.0401 e. The van der Waals surface area contributed by atoms with Gasteiger partial charge >= 0.3 is 0 Å². The first-order valence-electron chi connectivity index (χ1n) is 6.24. The van der Waals surface area contributed by atoms with E-state index in [0.717, 1.165) is 18.8 Å². The van der Waals surface area contributed by atoms with Crippen LogP contribution in [-0.2, 0) is 0 Å². The zero-order valence-corrected chi connectivity index (χ0v) is 11.2. The van der Waals surface area contributed by atoms with Crippen LogP contribution in [0.3, 0.4) is 0 Å². The van der Waals surface area contributed by atoms with Crippen LogP contribution in [0.2, 0.25) is 0 Å². The Bertz CT molecular complexity index is 331. The van der Waals surface area contributed by atoms with Gasteiger partial charge < -0.3 is 5.32 Å². The monoisotopic (exact) mass is 251 g/mol. The predicted molar refractivity (Wildman–Crippen MR) is 74.4 cm³/mol. The van der Waals surface area contributed by atoms with Crippen LogP contribution in [0.1, 0.15) is 18.0 Å². The molecule has 1 fully saturated rings. The van der Waals surface area contributed by atoms with Gasteiger partial charge in [-0.15, -0.1) is 0 Å². The van der Waals surface area contributed by atoms with E-state index in [1.807, 2.05) is 18.5 Å². The largest absolute Gasteiger partial charge is 0.316 e. The Morgan fingerprint density at radius 1 is 1.59 bits per heavy atom. The molecule has 0 radical (unpaired) electrons. The Morgan fingerprint density at radius 2 is 2.47 bits per heavy atom. The molecular weight excluding hydrogens is 230 g/mol. The molecule has 94 valence electrons. The highest BCUT2D eigenvalue weighted by Crippen LogP contribution is 2.35. The molecule has 1 N–H and O–H groups in total. The second-order valence-electron chi connectivity index (χ2n) is 4.69. The fraction of sp³-hybridized carbons (Fsp3) is 0.615. The summed E-state index contributed by atoms with van der Waals surface area (Å²) in [5.74, 6) is 1.59. The van der Waals surface area contributed by atoms with Gasteiger partial charge in [0, 0.05) is 30.7 Å². The number of likely N-dealkylation sites (tertiary alicyclic amines) is 1. The highest BCUT2D eigenvalue weighted by atomic mass is 32.1. The van der Waals surface area contributed by atoms with Crippen molar-refractivity contribution >= 4 is 12.6 Å². The van der Waals surface area contributed by atoms with E-state index in [9.17, 15) is 0 Å². The van der Waals surface area contributed by atoms with E-state index in [2.05, 4.69) is 40.9 Å². The van der Waals surface area contributed by atoms with Gasteiger partial charge in [0.25, 0.3) is 0 Å². The van der Waals surface area contributed by atoms with Crippen molar-refractivity contribution < 1.29 is 0 Å². The lowest BCUT2D eigenvalue weighted by molar-refractivity contribution is 0.272. The molecule has 1 aromatic rings. The van der Waals surface area contributed by atoms with Crippen LogP contribution >= 0.6 is 12.6 Å². The Morgan fingerprint density at radius 3 is 3.18 bits per heavy atom. The lowest BCUT2D eigenvalue weighted by atomic mass is 9.95. The number of thiol groups is 1. The normalized spacial score (nSPS) is 25.3. The van der Waals surface area contributed by atoms with Crippen LogP contribution in [0.5, 0.6) is 0 Å². The van der Waals surface area contributed by atoms with Crippen LogP contribution in [0, 0.1) is 5.92 Å². The summed E-state index contributed by atoms with van der Waals surface area (Å²) in [5.41, 5.74) is 1.34. The van der Waals surface area contributed by atoms with Crippen molar-refractivity contribution in [3.05, 3.63) is 30.1 Å². The SMILES string of the molecule is CN1CCC(CNCCS)C1c1cccnc1. The topological polar surface area (TPSA) is 28.2 Å². The van der Waals surface area contributed by atoms with E-state index in [1.165, 1.54) is 18.5 Å². The van der Waals surface area contributed by atoms with Crippen molar-refractivity contribution in [1.82, 2.24) is 15.2 Å². The van der Waals surface area contributed by atoms with E-state index in [4.69, 9.17) is 0 Å². The number of hydrogen-bond acceptors (Lipinski definition) is 4. The standard InChI is InChI=1S/C13H21N3S/c1-16-7-4-12(10-15-6-8-17)13(16)11-3-2-5-14-9-11/h2-3,5,9,12-13,15,17H,4,6-8,10H2,1H3. The van der Waals surface area contributed by atoms with Gasteiger partial charge in [-0.1, -0.05) is 6.07 Å². The summed E-state index contributed by atoms with van der Waals surface area (Å²) >= 11 is 4.22. The van der Waals surface area contributed by atoms with Gasteiger partial charge in [0.2, 0.25) is 0 Å². The number of nitrogens with zero attached hydrogens (tertiary/aromatic N) is 2. The second-order valence-corrected chi connectivity index (χ2v) is 5.14. The van der Waals surface area contributed by atoms with Gasteiger partial charge in [-0.2, -0.15) is 12.6 Å². The van der Waals surface area contributed by atoms with Crippen LogP contribution in [0.4, 0.5) is 0 Å². The molecular formula is C13H21N3S. The molecule has 2 atom stereocenters. The van der Waals surface area contributed by atoms with Gasteiger partial charge in [-0.3, -0.25) is 9.88 Å². The summed E-state index contributed by atoms with van der Waals surface area (Å²) in [6.45, 7) is 3.24. The summed E-state index contributed by atoms with van der Waals surface area (Å²) in [6, 6.07) is 4.72. The molecule has 1 aliphatic rings. The molecule has 1 aromatic heterocycles. The Kier molecular flexibility index (Phi) is 4.83. The zero-order chi connectivity index (χ0) is 12.1. The fourth-order valence-electron chi connectivity index (χ4n) is 2.68. The maximum atomic E-state index is 4.24. The van der Waals surface area contributed by atoms with E-state index in [-0.39, 0.29) is 0 Å². The van der Waals surface area contributed by atoms with Crippen molar-refractivity contribution in [2.24, 2.45) is 5.92 Å². The molecule has 3 nitrogen and oxygen atoms in total. The molecule has 17 heavy (non-hydrogen) atoms. The molecule has 0 bridgehead atoms. The first-order chi connectivity index (χ1) is 8.33. The molecule has 1 saturated heterocycles. The summed E-state index contributed by atoms with van der Waals surface area (Å²) < 4.78 is 0. The summed E-state index contributed by atoms with van der Waals surface area (Å²) in [4.78, 5) is 6.67. The predicted octanol–water partition coefficient (Wildman–Crippen LogP) is 1.59.